The maximum Gasteiger partial charge on any atom is 0.311 e. The predicted octanol–water partition coefficient (Wildman–Crippen LogP) is 1.98. The van der Waals surface area contributed by atoms with Gasteiger partial charge in [-0.2, -0.15) is 5.26 Å². The summed E-state index contributed by atoms with van der Waals surface area (Å²) in [6, 6.07) is 1.64. The van der Waals surface area contributed by atoms with E-state index in [1.165, 1.54) is 20.8 Å². The summed E-state index contributed by atoms with van der Waals surface area (Å²) in [5.74, 6) is -2.68. The van der Waals surface area contributed by atoms with Crippen molar-refractivity contribution in [3.05, 3.63) is 0 Å². The molecule has 1 aliphatic heterocycles. The number of nitrogens with zero attached hydrogens (tertiary/aromatic N) is 2. The molecule has 9 heteroatoms. The molecule has 10 atom stereocenters. The van der Waals surface area contributed by atoms with E-state index in [2.05, 4.69) is 6.07 Å². The summed E-state index contributed by atoms with van der Waals surface area (Å²) < 4.78 is 5.61. The maximum atomic E-state index is 12.9. The number of ether oxygens (including phenoxy) is 1. The fourth-order valence-corrected chi connectivity index (χ4v) is 5.54. The van der Waals surface area contributed by atoms with Crippen LogP contribution >= 0.6 is 0 Å². The Morgan fingerprint density at radius 2 is 1.67 bits per heavy atom. The molecular weight excluding hydrogens is 464 g/mol. The molecule has 0 radical (unpaired) electrons. The average Bonchev–Trinajstić information content (AvgIpc) is 2.82. The fourth-order valence-electron chi connectivity index (χ4n) is 5.54. The van der Waals surface area contributed by atoms with Crippen LogP contribution in [0.1, 0.15) is 87.0 Å². The normalized spacial score (nSPS) is 42.1. The molecule has 0 aromatic rings. The van der Waals surface area contributed by atoms with E-state index in [0.29, 0.717) is 19.5 Å². The number of aliphatic hydroxyl groups is 5. The van der Waals surface area contributed by atoms with Crippen molar-refractivity contribution in [3.63, 3.8) is 0 Å². The molecule has 0 amide bonds. The number of hydrogen-bond donors (Lipinski definition) is 5. The highest BCUT2D eigenvalue weighted by Gasteiger charge is 2.47. The Morgan fingerprint density at radius 3 is 2.22 bits per heavy atom. The number of nitriles is 1. The Morgan fingerprint density at radius 1 is 1.06 bits per heavy atom. The van der Waals surface area contributed by atoms with Gasteiger partial charge in [0.05, 0.1) is 29.8 Å². The highest BCUT2D eigenvalue weighted by molar-refractivity contribution is 5.73. The van der Waals surface area contributed by atoms with Crippen LogP contribution < -0.4 is 0 Å². The molecule has 1 saturated heterocycles. The van der Waals surface area contributed by atoms with Crippen LogP contribution in [-0.2, 0) is 9.53 Å². The molecule has 0 saturated carbocycles. The number of rotatable bonds is 6. The molecule has 36 heavy (non-hydrogen) atoms. The van der Waals surface area contributed by atoms with Gasteiger partial charge in [0.2, 0.25) is 0 Å². The standard InChI is InChI=1S/C27H50N2O7/c1-8-21-27(7,35)24(32)20(5)29(14-12-10-9-11-13-28)16-17(2)15-26(6,34)23(31)18(3)22(30)19(4)25(33)36-21/h17-24,30-32,34-35H,8-12,14-16H2,1-7H3/t17-,18+,19-,20-,21-,22+,23-,24-,26-,27-/m1/s1. The topological polar surface area (TPSA) is 154 Å². The third-order valence-corrected chi connectivity index (χ3v) is 8.01. The van der Waals surface area contributed by atoms with Gasteiger partial charge in [0.25, 0.3) is 0 Å². The Hall–Kier alpha value is -1.28. The van der Waals surface area contributed by atoms with E-state index in [4.69, 9.17) is 10.00 Å². The van der Waals surface area contributed by atoms with Crippen molar-refractivity contribution >= 4 is 5.97 Å². The summed E-state index contributed by atoms with van der Waals surface area (Å²) in [6.45, 7) is 12.7. The summed E-state index contributed by atoms with van der Waals surface area (Å²) in [5, 5.41) is 64.4. The lowest BCUT2D eigenvalue weighted by Gasteiger charge is -2.43. The molecule has 9 nitrogen and oxygen atoms in total. The van der Waals surface area contributed by atoms with Crippen molar-refractivity contribution < 1.29 is 35.1 Å². The van der Waals surface area contributed by atoms with E-state index in [-0.39, 0.29) is 18.8 Å². The Bertz CT molecular complexity index is 723. The number of hydrogen-bond acceptors (Lipinski definition) is 9. The minimum absolute atomic E-state index is 0.0971. The minimum atomic E-state index is -1.76. The first-order chi connectivity index (χ1) is 16.6. The molecule has 0 aromatic heterocycles. The Kier molecular flexibility index (Phi) is 12.8. The summed E-state index contributed by atoms with van der Waals surface area (Å²) in [7, 11) is 0. The van der Waals surface area contributed by atoms with E-state index in [0.717, 1.165) is 19.3 Å². The van der Waals surface area contributed by atoms with Crippen LogP contribution in [0.5, 0.6) is 0 Å². The summed E-state index contributed by atoms with van der Waals surface area (Å²) in [6.07, 6.45) is -1.46. The van der Waals surface area contributed by atoms with Gasteiger partial charge in [-0.3, -0.25) is 9.69 Å². The van der Waals surface area contributed by atoms with Crippen LogP contribution in [0.25, 0.3) is 0 Å². The quantitative estimate of drug-likeness (QED) is 0.264. The monoisotopic (exact) mass is 514 g/mol. The second-order valence-electron chi connectivity index (χ2n) is 11.5. The highest BCUT2D eigenvalue weighted by atomic mass is 16.6. The second-order valence-corrected chi connectivity index (χ2v) is 11.5. The smallest absolute Gasteiger partial charge is 0.311 e. The number of unbranched alkanes of at least 4 members (excludes halogenated alkanes) is 3. The molecule has 5 N–H and O–H groups in total. The molecule has 1 heterocycles. The van der Waals surface area contributed by atoms with E-state index in [1.54, 1.807) is 13.8 Å². The lowest BCUT2D eigenvalue weighted by Crippen LogP contribution is -2.59. The molecule has 0 aromatic carbocycles. The summed E-state index contributed by atoms with van der Waals surface area (Å²) in [4.78, 5) is 15.0. The number of aliphatic hydroxyl groups excluding tert-OH is 3. The number of carbonyl (C=O) groups excluding carboxylic acids is 1. The zero-order valence-electron chi connectivity index (χ0n) is 23.2. The van der Waals surface area contributed by atoms with Gasteiger partial charge in [0.15, 0.2) is 0 Å². The van der Waals surface area contributed by atoms with Crippen LogP contribution in [0.15, 0.2) is 0 Å². The van der Waals surface area contributed by atoms with E-state index in [1.807, 2.05) is 18.7 Å². The largest absolute Gasteiger partial charge is 0.459 e. The van der Waals surface area contributed by atoms with Gasteiger partial charge in [-0.25, -0.2) is 0 Å². The van der Waals surface area contributed by atoms with Crippen molar-refractivity contribution in [2.75, 3.05) is 13.1 Å². The average molecular weight is 515 g/mol. The third kappa shape index (κ3) is 8.37. The molecule has 0 aliphatic carbocycles. The molecule has 210 valence electrons. The summed E-state index contributed by atoms with van der Waals surface area (Å²) >= 11 is 0. The van der Waals surface area contributed by atoms with Gasteiger partial charge in [0.1, 0.15) is 17.8 Å². The lowest BCUT2D eigenvalue weighted by atomic mass is 9.78. The van der Waals surface area contributed by atoms with Gasteiger partial charge in [-0.15, -0.1) is 0 Å². The van der Waals surface area contributed by atoms with Crippen molar-refractivity contribution in [1.29, 1.82) is 5.26 Å². The maximum absolute atomic E-state index is 12.9. The number of carbonyl (C=O) groups is 1. The van der Waals surface area contributed by atoms with E-state index in [9.17, 15) is 30.3 Å². The SMILES string of the molecule is CC[C@H]1OC(=O)[C@H](C)[C@@H](O)[C@H](C)[C@@H](O)[C@](C)(O)C[C@@H](C)CN(CCCCCC#N)[C@H](C)[C@@H](O)[C@]1(C)O. The van der Waals surface area contributed by atoms with Crippen molar-refractivity contribution in [2.24, 2.45) is 17.8 Å². The molecule has 0 unspecified atom stereocenters. The highest BCUT2D eigenvalue weighted by Crippen LogP contribution is 2.32. The molecular formula is C27H50N2O7. The van der Waals surface area contributed by atoms with Crippen LogP contribution in [0.3, 0.4) is 0 Å². The van der Waals surface area contributed by atoms with Gasteiger partial charge in [0, 0.05) is 24.9 Å². The lowest BCUT2D eigenvalue weighted by molar-refractivity contribution is -0.193. The van der Waals surface area contributed by atoms with Crippen LogP contribution in [0, 0.1) is 29.1 Å². The zero-order valence-corrected chi connectivity index (χ0v) is 23.2. The second kappa shape index (κ2) is 14.0. The molecule has 1 fully saturated rings. The molecule has 0 bridgehead atoms. The van der Waals surface area contributed by atoms with Gasteiger partial charge < -0.3 is 30.3 Å². The first kappa shape index (κ1) is 32.7. The van der Waals surface area contributed by atoms with E-state index < -0.39 is 59.5 Å². The van der Waals surface area contributed by atoms with Crippen LogP contribution in [0.2, 0.25) is 0 Å². The van der Waals surface area contributed by atoms with Crippen molar-refractivity contribution in [3.8, 4) is 6.07 Å². The third-order valence-electron chi connectivity index (χ3n) is 8.01. The number of esters is 1. The Balaban J connectivity index is 3.38. The molecule has 1 rings (SSSR count). The molecule has 1 aliphatic rings. The first-order valence-electron chi connectivity index (χ1n) is 13.4. The van der Waals surface area contributed by atoms with Crippen molar-refractivity contribution in [2.45, 2.75) is 129 Å². The van der Waals surface area contributed by atoms with Crippen LogP contribution in [0.4, 0.5) is 0 Å². The van der Waals surface area contributed by atoms with Gasteiger partial charge in [-0.1, -0.05) is 27.2 Å². The summed E-state index contributed by atoms with van der Waals surface area (Å²) in [5.41, 5.74) is -3.28. The zero-order chi connectivity index (χ0) is 27.8. The van der Waals surface area contributed by atoms with E-state index >= 15 is 0 Å². The van der Waals surface area contributed by atoms with Crippen LogP contribution in [-0.4, -0.2) is 91.2 Å². The van der Waals surface area contributed by atoms with Gasteiger partial charge >= 0.3 is 5.97 Å². The Labute approximate surface area is 217 Å². The minimum Gasteiger partial charge on any atom is -0.459 e. The first-order valence-corrected chi connectivity index (χ1v) is 13.4. The molecule has 0 spiro atoms. The number of cyclic esters (lactones) is 1. The predicted molar refractivity (Wildman–Crippen MR) is 137 cm³/mol. The fraction of sp³-hybridized carbons (Fsp3) is 0.926. The van der Waals surface area contributed by atoms with Crippen molar-refractivity contribution in [1.82, 2.24) is 4.90 Å². The van der Waals surface area contributed by atoms with Gasteiger partial charge in [-0.05, 0) is 65.8 Å².